The lowest BCUT2D eigenvalue weighted by Gasteiger charge is -2.16. The molecular formula is C17H19ClFN. The van der Waals surface area contributed by atoms with Gasteiger partial charge in [0.1, 0.15) is 5.82 Å². The lowest BCUT2D eigenvalue weighted by molar-refractivity contribution is 0.525. The summed E-state index contributed by atoms with van der Waals surface area (Å²) >= 11 is 5.78. The molecule has 2 aromatic carbocycles. The van der Waals surface area contributed by atoms with Gasteiger partial charge in [0.25, 0.3) is 0 Å². The van der Waals surface area contributed by atoms with Crippen molar-refractivity contribution in [1.29, 1.82) is 0 Å². The second-order valence-electron chi connectivity index (χ2n) is 5.13. The van der Waals surface area contributed by atoms with Gasteiger partial charge in [-0.1, -0.05) is 48.0 Å². The molecule has 20 heavy (non-hydrogen) atoms. The van der Waals surface area contributed by atoms with Crippen LogP contribution in [0.25, 0.3) is 0 Å². The second kappa shape index (κ2) is 6.87. The van der Waals surface area contributed by atoms with Crippen molar-refractivity contribution in [2.24, 2.45) is 0 Å². The molecule has 0 radical (unpaired) electrons. The van der Waals surface area contributed by atoms with Gasteiger partial charge in [-0.15, -0.1) is 0 Å². The molecular weight excluding hydrogens is 273 g/mol. The van der Waals surface area contributed by atoms with Gasteiger partial charge in [0.05, 0.1) is 5.02 Å². The van der Waals surface area contributed by atoms with Crippen molar-refractivity contribution in [3.63, 3.8) is 0 Å². The lowest BCUT2D eigenvalue weighted by Crippen LogP contribution is -2.28. The first-order valence-corrected chi connectivity index (χ1v) is 7.16. The van der Waals surface area contributed by atoms with E-state index < -0.39 is 0 Å². The Labute approximate surface area is 124 Å². The van der Waals surface area contributed by atoms with Crippen LogP contribution >= 0.6 is 11.6 Å². The summed E-state index contributed by atoms with van der Waals surface area (Å²) in [6, 6.07) is 13.7. The zero-order valence-electron chi connectivity index (χ0n) is 11.8. The summed E-state index contributed by atoms with van der Waals surface area (Å²) in [6.07, 6.45) is 0.925. The largest absolute Gasteiger partial charge is 0.310 e. The van der Waals surface area contributed by atoms with Crippen LogP contribution in [-0.2, 0) is 13.0 Å². The van der Waals surface area contributed by atoms with Gasteiger partial charge in [0.15, 0.2) is 0 Å². The van der Waals surface area contributed by atoms with E-state index in [2.05, 4.69) is 31.3 Å². The van der Waals surface area contributed by atoms with E-state index >= 15 is 0 Å². The number of hydrogen-bond acceptors (Lipinski definition) is 1. The summed E-state index contributed by atoms with van der Waals surface area (Å²) < 4.78 is 13.8. The minimum atomic E-state index is -0.329. The van der Waals surface area contributed by atoms with Gasteiger partial charge in [-0.3, -0.25) is 0 Å². The van der Waals surface area contributed by atoms with Crippen LogP contribution in [0.15, 0.2) is 42.5 Å². The van der Waals surface area contributed by atoms with Gasteiger partial charge in [-0.2, -0.15) is 0 Å². The van der Waals surface area contributed by atoms with Crippen molar-refractivity contribution in [1.82, 2.24) is 5.32 Å². The molecule has 0 aliphatic carbocycles. The highest BCUT2D eigenvalue weighted by Crippen LogP contribution is 2.18. The summed E-state index contributed by atoms with van der Waals surface area (Å²) in [5.74, 6) is -0.329. The Kier molecular flexibility index (Phi) is 5.16. The standard InChI is InChI=1S/C17H19ClFN/c1-12-6-3-4-7-14(12)10-13(2)20-11-15-8-5-9-16(18)17(15)19/h3-9,13,20H,10-11H2,1-2H3. The fourth-order valence-electron chi connectivity index (χ4n) is 2.21. The molecule has 1 atom stereocenters. The van der Waals surface area contributed by atoms with Gasteiger partial charge in [0, 0.05) is 18.2 Å². The zero-order valence-corrected chi connectivity index (χ0v) is 12.5. The van der Waals surface area contributed by atoms with Crippen LogP contribution in [0.5, 0.6) is 0 Å². The molecule has 0 saturated carbocycles. The summed E-state index contributed by atoms with van der Waals surface area (Å²) in [5.41, 5.74) is 3.21. The molecule has 0 bridgehead atoms. The van der Waals surface area contributed by atoms with Crippen LogP contribution in [0.2, 0.25) is 5.02 Å². The number of halogens is 2. The summed E-state index contributed by atoms with van der Waals surface area (Å²) in [4.78, 5) is 0. The molecule has 3 heteroatoms. The molecule has 0 aromatic heterocycles. The van der Waals surface area contributed by atoms with Crippen LogP contribution in [0.3, 0.4) is 0 Å². The van der Waals surface area contributed by atoms with E-state index in [0.717, 1.165) is 6.42 Å². The van der Waals surface area contributed by atoms with Crippen LogP contribution < -0.4 is 5.32 Å². The van der Waals surface area contributed by atoms with Crippen LogP contribution in [-0.4, -0.2) is 6.04 Å². The smallest absolute Gasteiger partial charge is 0.146 e. The summed E-state index contributed by atoms with van der Waals surface area (Å²) in [7, 11) is 0. The van der Waals surface area contributed by atoms with Crippen LogP contribution in [0.4, 0.5) is 4.39 Å². The van der Waals surface area contributed by atoms with Crippen molar-refractivity contribution < 1.29 is 4.39 Å². The Hall–Kier alpha value is -1.38. The van der Waals surface area contributed by atoms with Gasteiger partial charge >= 0.3 is 0 Å². The molecule has 0 spiro atoms. The quantitative estimate of drug-likeness (QED) is 0.855. The Morgan fingerprint density at radius 3 is 2.55 bits per heavy atom. The van der Waals surface area contributed by atoms with Crippen molar-refractivity contribution >= 4 is 11.6 Å². The number of hydrogen-bond donors (Lipinski definition) is 1. The van der Waals surface area contributed by atoms with Gasteiger partial charge in [0.2, 0.25) is 0 Å². The average molecular weight is 292 g/mol. The molecule has 1 nitrogen and oxygen atoms in total. The Morgan fingerprint density at radius 1 is 1.10 bits per heavy atom. The monoisotopic (exact) mass is 291 g/mol. The van der Waals surface area contributed by atoms with E-state index in [1.165, 1.54) is 11.1 Å². The fourth-order valence-corrected chi connectivity index (χ4v) is 2.40. The normalized spacial score (nSPS) is 12.4. The maximum Gasteiger partial charge on any atom is 0.146 e. The third-order valence-electron chi connectivity index (χ3n) is 3.46. The molecule has 1 N–H and O–H groups in total. The lowest BCUT2D eigenvalue weighted by atomic mass is 10.0. The average Bonchev–Trinajstić information content (AvgIpc) is 2.43. The third kappa shape index (κ3) is 3.81. The SMILES string of the molecule is Cc1ccccc1CC(C)NCc1cccc(Cl)c1F. The zero-order chi connectivity index (χ0) is 14.5. The first-order chi connectivity index (χ1) is 9.58. The predicted octanol–water partition coefficient (Wildman–Crippen LogP) is 4.51. The minimum absolute atomic E-state index is 0.177. The van der Waals surface area contributed by atoms with Crippen molar-refractivity contribution in [3.05, 3.63) is 70.0 Å². The highest BCUT2D eigenvalue weighted by molar-refractivity contribution is 6.30. The molecule has 0 saturated heterocycles. The predicted molar refractivity (Wildman–Crippen MR) is 82.6 cm³/mol. The Bertz CT molecular complexity index is 583. The molecule has 0 amide bonds. The highest BCUT2D eigenvalue weighted by Gasteiger charge is 2.09. The maximum atomic E-state index is 13.8. The molecule has 2 aromatic rings. The topological polar surface area (TPSA) is 12.0 Å². The van der Waals surface area contributed by atoms with Crippen molar-refractivity contribution in [3.8, 4) is 0 Å². The van der Waals surface area contributed by atoms with E-state index in [-0.39, 0.29) is 16.9 Å². The first-order valence-electron chi connectivity index (χ1n) is 6.78. The molecule has 0 aliphatic heterocycles. The van der Waals surface area contributed by atoms with E-state index in [1.54, 1.807) is 18.2 Å². The van der Waals surface area contributed by atoms with Crippen molar-refractivity contribution in [2.45, 2.75) is 32.9 Å². The second-order valence-corrected chi connectivity index (χ2v) is 5.53. The number of benzene rings is 2. The Balaban J connectivity index is 1.94. The minimum Gasteiger partial charge on any atom is -0.310 e. The molecule has 0 aliphatic rings. The van der Waals surface area contributed by atoms with Crippen LogP contribution in [0, 0.1) is 12.7 Å². The molecule has 0 heterocycles. The van der Waals surface area contributed by atoms with E-state index in [9.17, 15) is 4.39 Å². The molecule has 0 fully saturated rings. The first kappa shape index (κ1) is 15.0. The van der Waals surface area contributed by atoms with Gasteiger partial charge < -0.3 is 5.32 Å². The van der Waals surface area contributed by atoms with Gasteiger partial charge in [-0.05, 0) is 37.5 Å². The van der Waals surface area contributed by atoms with E-state index in [1.807, 2.05) is 12.1 Å². The van der Waals surface area contributed by atoms with E-state index in [4.69, 9.17) is 11.6 Å². The Morgan fingerprint density at radius 2 is 1.80 bits per heavy atom. The summed E-state index contributed by atoms with van der Waals surface area (Å²) in [5, 5.41) is 3.52. The third-order valence-corrected chi connectivity index (χ3v) is 3.75. The van der Waals surface area contributed by atoms with E-state index in [0.29, 0.717) is 12.1 Å². The molecule has 106 valence electrons. The fraction of sp³-hybridized carbons (Fsp3) is 0.294. The summed E-state index contributed by atoms with van der Waals surface area (Å²) in [6.45, 7) is 4.70. The number of aryl methyl sites for hydroxylation is 1. The number of nitrogens with one attached hydrogen (secondary N) is 1. The highest BCUT2D eigenvalue weighted by atomic mass is 35.5. The molecule has 2 rings (SSSR count). The maximum absolute atomic E-state index is 13.8. The van der Waals surface area contributed by atoms with Crippen molar-refractivity contribution in [2.75, 3.05) is 0 Å². The van der Waals surface area contributed by atoms with Gasteiger partial charge in [-0.25, -0.2) is 4.39 Å². The number of rotatable bonds is 5. The van der Waals surface area contributed by atoms with Crippen LogP contribution in [0.1, 0.15) is 23.6 Å². The molecule has 1 unspecified atom stereocenters.